The summed E-state index contributed by atoms with van der Waals surface area (Å²) >= 11 is 3.10. The number of unbranched alkanes of at least 4 members (excludes halogenated alkanes) is 1. The van der Waals surface area contributed by atoms with Crippen molar-refractivity contribution in [3.05, 3.63) is 26.6 Å². The molecule has 1 rings (SSSR count). The van der Waals surface area contributed by atoms with Crippen molar-refractivity contribution in [2.75, 3.05) is 13.7 Å². The number of halogens is 1. The number of hydrogen-bond donors (Lipinski definition) is 0. The zero-order valence-corrected chi connectivity index (χ0v) is 12.9. The van der Waals surface area contributed by atoms with E-state index >= 15 is 0 Å². The molecule has 0 bridgehead atoms. The number of pyridine rings is 1. The van der Waals surface area contributed by atoms with Crippen LogP contribution in [-0.2, 0) is 16.1 Å². The number of aldehydes is 1. The Morgan fingerprint density at radius 1 is 1.50 bits per heavy atom. The Morgan fingerprint density at radius 2 is 2.20 bits per heavy atom. The lowest BCUT2D eigenvalue weighted by Crippen LogP contribution is -2.23. The summed E-state index contributed by atoms with van der Waals surface area (Å²) in [6.07, 6.45) is 3.64. The molecule has 0 radical (unpaired) electrons. The second kappa shape index (κ2) is 7.84. The van der Waals surface area contributed by atoms with Gasteiger partial charge in [-0.3, -0.25) is 4.79 Å². The van der Waals surface area contributed by atoms with Crippen LogP contribution in [0, 0.1) is 0 Å². The third-order valence-electron chi connectivity index (χ3n) is 2.59. The van der Waals surface area contributed by atoms with Crippen LogP contribution in [0.5, 0.6) is 5.75 Å². The van der Waals surface area contributed by atoms with E-state index < -0.39 is 11.4 Å². The van der Waals surface area contributed by atoms with Crippen molar-refractivity contribution in [3.8, 4) is 5.75 Å². The topological polar surface area (TPSA) is 74.6 Å². The monoisotopic (exact) mass is 345 g/mol. The van der Waals surface area contributed by atoms with Gasteiger partial charge >= 0.3 is 5.97 Å². The molecule has 0 aromatic carbocycles. The number of carbonyl (C=O) groups excluding carboxylic acids is 2. The minimum atomic E-state index is -0.719. The van der Waals surface area contributed by atoms with E-state index in [9.17, 15) is 14.4 Å². The molecule has 0 spiro atoms. The molecule has 7 heteroatoms. The number of nitrogens with zero attached hydrogens (tertiary/aromatic N) is 1. The Labute approximate surface area is 124 Å². The molecule has 6 nitrogen and oxygen atoms in total. The third-order valence-corrected chi connectivity index (χ3v) is 3.15. The molecule has 0 aliphatic carbocycles. The van der Waals surface area contributed by atoms with Crippen LogP contribution in [0.3, 0.4) is 0 Å². The molecule has 1 heterocycles. The van der Waals surface area contributed by atoms with Crippen molar-refractivity contribution in [3.63, 3.8) is 0 Å². The molecule has 1 aromatic heterocycles. The fraction of sp³-hybridized carbons (Fsp3) is 0.462. The first-order chi connectivity index (χ1) is 9.56. The third kappa shape index (κ3) is 3.69. The largest absolute Gasteiger partial charge is 0.487 e. The second-order valence-corrected chi connectivity index (χ2v) is 4.85. The zero-order chi connectivity index (χ0) is 15.1. The first-order valence-corrected chi connectivity index (χ1v) is 6.93. The minimum Gasteiger partial charge on any atom is -0.487 e. The molecule has 0 aliphatic heterocycles. The Morgan fingerprint density at radius 3 is 2.75 bits per heavy atom. The summed E-state index contributed by atoms with van der Waals surface area (Å²) in [5, 5.41) is 0. The highest BCUT2D eigenvalue weighted by atomic mass is 79.9. The molecule has 0 saturated heterocycles. The summed E-state index contributed by atoms with van der Waals surface area (Å²) in [5.41, 5.74) is -0.493. The summed E-state index contributed by atoms with van der Waals surface area (Å²) in [4.78, 5) is 34.6. The minimum absolute atomic E-state index is 0.0519. The smallest absolute Gasteiger partial charge is 0.358 e. The number of carbonyl (C=O) groups is 2. The van der Waals surface area contributed by atoms with Gasteiger partial charge in [0.05, 0.1) is 24.7 Å². The van der Waals surface area contributed by atoms with E-state index in [1.54, 1.807) is 0 Å². The molecule has 1 aromatic rings. The van der Waals surface area contributed by atoms with Gasteiger partial charge in [0, 0.05) is 6.20 Å². The highest BCUT2D eigenvalue weighted by Crippen LogP contribution is 2.19. The molecular weight excluding hydrogens is 330 g/mol. The van der Waals surface area contributed by atoms with E-state index in [2.05, 4.69) is 20.7 Å². The maximum Gasteiger partial charge on any atom is 0.358 e. The lowest BCUT2D eigenvalue weighted by molar-refractivity contribution is -0.108. The Kier molecular flexibility index (Phi) is 6.44. The van der Waals surface area contributed by atoms with E-state index in [1.165, 1.54) is 17.9 Å². The van der Waals surface area contributed by atoms with Crippen LogP contribution in [0.1, 0.15) is 30.3 Å². The first kappa shape index (κ1) is 16.4. The zero-order valence-electron chi connectivity index (χ0n) is 11.3. The van der Waals surface area contributed by atoms with Crippen LogP contribution in [0.15, 0.2) is 15.5 Å². The molecule has 0 atom stereocenters. The average molecular weight is 346 g/mol. The van der Waals surface area contributed by atoms with Gasteiger partial charge in [-0.25, -0.2) is 4.79 Å². The number of ether oxygens (including phenoxy) is 2. The number of esters is 1. The maximum atomic E-state index is 12.1. The molecule has 110 valence electrons. The molecular formula is C13H16BrNO5. The van der Waals surface area contributed by atoms with Crippen LogP contribution < -0.4 is 10.2 Å². The number of methoxy groups -OCH3 is 1. The van der Waals surface area contributed by atoms with E-state index in [0.29, 0.717) is 12.9 Å². The number of rotatable bonds is 7. The van der Waals surface area contributed by atoms with Gasteiger partial charge < -0.3 is 18.8 Å². The first-order valence-electron chi connectivity index (χ1n) is 6.14. The van der Waals surface area contributed by atoms with Crippen molar-refractivity contribution in [2.45, 2.75) is 26.3 Å². The number of hydrogen-bond acceptors (Lipinski definition) is 5. The van der Waals surface area contributed by atoms with E-state index in [0.717, 1.165) is 12.8 Å². The van der Waals surface area contributed by atoms with Crippen LogP contribution in [0.4, 0.5) is 0 Å². The summed E-state index contributed by atoms with van der Waals surface area (Å²) < 4.78 is 11.6. The van der Waals surface area contributed by atoms with Crippen molar-refractivity contribution in [2.24, 2.45) is 0 Å². The summed E-state index contributed by atoms with van der Waals surface area (Å²) in [7, 11) is 1.20. The molecule has 0 aliphatic rings. The van der Waals surface area contributed by atoms with Gasteiger partial charge in [0.25, 0.3) is 0 Å². The van der Waals surface area contributed by atoms with Crippen molar-refractivity contribution >= 4 is 28.2 Å². The predicted octanol–water partition coefficient (Wildman–Crippen LogP) is 1.78. The van der Waals surface area contributed by atoms with Gasteiger partial charge in [-0.1, -0.05) is 13.3 Å². The van der Waals surface area contributed by atoms with Gasteiger partial charge in [-0.15, -0.1) is 0 Å². The fourth-order valence-corrected chi connectivity index (χ4v) is 2.02. The number of aromatic nitrogens is 1. The summed E-state index contributed by atoms with van der Waals surface area (Å²) in [5.74, 6) is -0.815. The maximum absolute atomic E-state index is 12.1. The normalized spacial score (nSPS) is 10.2. The SMILES string of the molecule is CCCCOc1c(C(=O)OC)n(CC=O)cc(Br)c1=O. The highest BCUT2D eigenvalue weighted by molar-refractivity contribution is 9.10. The fourth-order valence-electron chi connectivity index (χ4n) is 1.59. The van der Waals surface area contributed by atoms with Crippen LogP contribution in [0.2, 0.25) is 0 Å². The van der Waals surface area contributed by atoms with Crippen LogP contribution >= 0.6 is 15.9 Å². The Balaban J connectivity index is 3.37. The lowest BCUT2D eigenvalue weighted by Gasteiger charge is -2.15. The van der Waals surface area contributed by atoms with Crippen LogP contribution in [0.25, 0.3) is 0 Å². The molecule has 0 saturated carbocycles. The molecule has 0 fully saturated rings. The molecule has 0 N–H and O–H groups in total. The predicted molar refractivity (Wildman–Crippen MR) is 76.2 cm³/mol. The quantitative estimate of drug-likeness (QED) is 0.427. The van der Waals surface area contributed by atoms with E-state index in [1.807, 2.05) is 6.92 Å². The van der Waals surface area contributed by atoms with Crippen molar-refractivity contribution in [1.29, 1.82) is 0 Å². The van der Waals surface area contributed by atoms with Gasteiger partial charge in [0.1, 0.15) is 6.29 Å². The second-order valence-electron chi connectivity index (χ2n) is 4.00. The highest BCUT2D eigenvalue weighted by Gasteiger charge is 2.22. The van der Waals surface area contributed by atoms with E-state index in [4.69, 9.17) is 4.74 Å². The van der Waals surface area contributed by atoms with Gasteiger partial charge in [-0.2, -0.15) is 0 Å². The Bertz CT molecular complexity index is 552. The van der Waals surface area contributed by atoms with Crippen molar-refractivity contribution in [1.82, 2.24) is 4.57 Å². The van der Waals surface area contributed by atoms with Gasteiger partial charge in [-0.05, 0) is 22.4 Å². The average Bonchev–Trinajstić information content (AvgIpc) is 2.43. The van der Waals surface area contributed by atoms with Crippen LogP contribution in [-0.4, -0.2) is 30.5 Å². The summed E-state index contributed by atoms with van der Waals surface area (Å²) in [6, 6.07) is 0. The van der Waals surface area contributed by atoms with Gasteiger partial charge in [0.2, 0.25) is 5.43 Å². The van der Waals surface area contributed by atoms with Gasteiger partial charge in [0.15, 0.2) is 11.4 Å². The summed E-state index contributed by atoms with van der Waals surface area (Å²) in [6.45, 7) is 2.22. The lowest BCUT2D eigenvalue weighted by atomic mass is 10.3. The van der Waals surface area contributed by atoms with E-state index in [-0.39, 0.29) is 22.5 Å². The Hall–Kier alpha value is -1.63. The van der Waals surface area contributed by atoms with Crippen molar-refractivity contribution < 1.29 is 19.1 Å². The molecule has 20 heavy (non-hydrogen) atoms. The molecule has 0 unspecified atom stereocenters. The molecule has 0 amide bonds. The standard InChI is InChI=1S/C13H16BrNO5/c1-3-4-7-20-12-10(13(18)19-2)15(5-6-16)8-9(14)11(12)17/h6,8H,3-5,7H2,1-2H3.